The van der Waals surface area contributed by atoms with Crippen LogP contribution in [-0.2, 0) is 10.3 Å². The molecule has 2 aromatic heterocycles. The number of fused-ring (bicyclic) bond motifs is 4. The average molecular weight is 571 g/mol. The zero-order valence-electron chi connectivity index (χ0n) is 26.9. The van der Waals surface area contributed by atoms with Gasteiger partial charge in [0.25, 0.3) is 11.8 Å². The van der Waals surface area contributed by atoms with Crippen molar-refractivity contribution < 1.29 is 36.1 Å². The molecule has 4 heterocycles. The van der Waals surface area contributed by atoms with E-state index in [1.54, 1.807) is 19.9 Å². The summed E-state index contributed by atoms with van der Waals surface area (Å²) in [6.45, 7) is 3.54. The molecule has 0 bridgehead atoms. The molecule has 0 aliphatic carbocycles. The highest BCUT2D eigenvalue weighted by atomic mass is 35.5. The molecule has 2 aliphatic heterocycles. The third-order valence-electron chi connectivity index (χ3n) is 7.13. The highest BCUT2D eigenvalue weighted by molar-refractivity contribution is 6.31. The first kappa shape index (κ1) is 19.6. The third-order valence-corrected chi connectivity index (χ3v) is 7.36. The zero-order valence-corrected chi connectivity index (χ0v) is 21.6. The number of anilines is 2. The molecule has 0 saturated heterocycles. The van der Waals surface area contributed by atoms with Crippen molar-refractivity contribution in [1.29, 1.82) is 0 Å². The molecule has 4 aromatic rings. The topological polar surface area (TPSA) is 85.7 Å². The van der Waals surface area contributed by atoms with Crippen LogP contribution < -0.4 is 19.7 Å². The number of hydrogen-bond donors (Lipinski definition) is 1. The van der Waals surface area contributed by atoms with Crippen molar-refractivity contribution in [2.75, 3.05) is 24.3 Å². The molecule has 8 nitrogen and oxygen atoms in total. The van der Waals surface area contributed by atoms with E-state index >= 15 is 0 Å². The Kier molecular flexibility index (Phi) is 4.44. The minimum absolute atomic E-state index is 0.00552. The van der Waals surface area contributed by atoms with Crippen molar-refractivity contribution in [3.05, 3.63) is 93.9 Å². The number of hydrogen-bond acceptors (Lipinski definition) is 5. The molecule has 1 atom stereocenters. The van der Waals surface area contributed by atoms with Gasteiger partial charge in [-0.25, -0.2) is 13.8 Å². The Morgan fingerprint density at radius 2 is 1.88 bits per heavy atom. The highest BCUT2D eigenvalue weighted by Crippen LogP contribution is 2.56. The summed E-state index contributed by atoms with van der Waals surface area (Å²) in [6.07, 6.45) is 2.49. The number of ether oxygens (including phenoxy) is 2. The van der Waals surface area contributed by atoms with Crippen molar-refractivity contribution in [3.63, 3.8) is 0 Å². The van der Waals surface area contributed by atoms with E-state index in [1.807, 2.05) is 0 Å². The van der Waals surface area contributed by atoms with Gasteiger partial charge in [0, 0.05) is 51.5 Å². The summed E-state index contributed by atoms with van der Waals surface area (Å²) >= 11 is 6.24. The molecule has 0 unspecified atom stereocenters. The van der Waals surface area contributed by atoms with Crippen LogP contribution in [0.15, 0.2) is 54.9 Å². The molecule has 40 heavy (non-hydrogen) atoms. The standard InChI is InChI=1S/C29H23ClF2N4O4/c1-14(2)26-25-17(13-35(26)22-12-33-24(40-4)11-23(22)39-3)27(37)36(16-6-8-19(31)20(32)10-16)29(25)18-7-5-15(30)9-21(18)34-28(29)38/h5-14H,1-4H3,(H,34,38)/t29-/m0/s1/i3D3,4D3. The van der Waals surface area contributed by atoms with E-state index in [4.69, 9.17) is 29.3 Å². The van der Waals surface area contributed by atoms with Crippen LogP contribution in [-0.4, -0.2) is 35.4 Å². The third kappa shape index (κ3) is 3.38. The summed E-state index contributed by atoms with van der Waals surface area (Å²) in [5, 5.41) is 3.06. The maximum Gasteiger partial charge on any atom is 0.261 e. The van der Waals surface area contributed by atoms with Gasteiger partial charge < -0.3 is 19.4 Å². The monoisotopic (exact) mass is 570 g/mol. The number of benzene rings is 2. The molecule has 204 valence electrons. The second-order valence-electron chi connectivity index (χ2n) is 9.62. The van der Waals surface area contributed by atoms with Gasteiger partial charge in [-0.05, 0) is 30.2 Å². The van der Waals surface area contributed by atoms with Gasteiger partial charge in [0.05, 0.1) is 34.1 Å². The normalized spacial score (nSPS) is 20.3. The van der Waals surface area contributed by atoms with Gasteiger partial charge in [0.1, 0.15) is 11.4 Å². The summed E-state index contributed by atoms with van der Waals surface area (Å²) in [4.78, 5) is 33.8. The van der Waals surface area contributed by atoms with Crippen LogP contribution in [0.5, 0.6) is 11.6 Å². The van der Waals surface area contributed by atoms with Crippen molar-refractivity contribution >= 4 is 34.8 Å². The number of nitrogens with zero attached hydrogens (tertiary/aromatic N) is 3. The quantitative estimate of drug-likeness (QED) is 0.328. The van der Waals surface area contributed by atoms with E-state index in [0.29, 0.717) is 16.3 Å². The molecule has 2 aliphatic rings. The minimum atomic E-state index is -2.99. The van der Waals surface area contributed by atoms with E-state index in [-0.39, 0.29) is 33.9 Å². The molecule has 1 spiro atoms. The van der Waals surface area contributed by atoms with Crippen molar-refractivity contribution in [2.45, 2.75) is 25.3 Å². The fraction of sp³-hybridized carbons (Fsp3) is 0.207. The van der Waals surface area contributed by atoms with E-state index in [0.717, 1.165) is 29.3 Å². The molecule has 1 N–H and O–H groups in total. The number of amides is 2. The summed E-state index contributed by atoms with van der Waals surface area (Å²) in [5.74, 6) is -5.09. The van der Waals surface area contributed by atoms with Crippen LogP contribution in [0.25, 0.3) is 5.69 Å². The Hall–Kier alpha value is -4.44. The lowest BCUT2D eigenvalue weighted by molar-refractivity contribution is -0.119. The molecule has 0 radical (unpaired) electrons. The van der Waals surface area contributed by atoms with Gasteiger partial charge in [0.15, 0.2) is 17.2 Å². The highest BCUT2D eigenvalue weighted by Gasteiger charge is 2.63. The van der Waals surface area contributed by atoms with E-state index in [1.165, 1.54) is 29.0 Å². The number of halogens is 3. The van der Waals surface area contributed by atoms with E-state index in [9.17, 15) is 18.4 Å². The second-order valence-corrected chi connectivity index (χ2v) is 10.1. The van der Waals surface area contributed by atoms with Crippen LogP contribution in [0.2, 0.25) is 5.02 Å². The molecule has 0 saturated carbocycles. The number of carbonyl (C=O) groups is 2. The zero-order chi connectivity index (χ0) is 33.5. The largest absolute Gasteiger partial charge is 0.494 e. The maximum absolute atomic E-state index is 14.6. The first-order valence-corrected chi connectivity index (χ1v) is 12.4. The van der Waals surface area contributed by atoms with Crippen LogP contribution in [0.3, 0.4) is 0 Å². The molecule has 6 rings (SSSR count). The van der Waals surface area contributed by atoms with Gasteiger partial charge in [-0.15, -0.1) is 0 Å². The van der Waals surface area contributed by atoms with Crippen LogP contribution in [0, 0.1) is 11.6 Å². The molecule has 2 aromatic carbocycles. The lowest BCUT2D eigenvalue weighted by atomic mass is 9.81. The van der Waals surface area contributed by atoms with Crippen LogP contribution >= 0.6 is 11.6 Å². The van der Waals surface area contributed by atoms with Gasteiger partial charge in [-0.3, -0.25) is 14.5 Å². The minimum Gasteiger partial charge on any atom is -0.494 e. The predicted octanol–water partition coefficient (Wildman–Crippen LogP) is 5.80. The fourth-order valence-corrected chi connectivity index (χ4v) is 5.79. The summed E-state index contributed by atoms with van der Waals surface area (Å²) in [5.41, 5.74) is -0.933. The van der Waals surface area contributed by atoms with Crippen molar-refractivity contribution in [2.24, 2.45) is 0 Å². The lowest BCUT2D eigenvalue weighted by Gasteiger charge is -2.36. The first-order chi connectivity index (χ1) is 21.4. The Bertz CT molecular complexity index is 1950. The average Bonchev–Trinajstić information content (AvgIpc) is 3.52. The fourth-order valence-electron chi connectivity index (χ4n) is 5.62. The van der Waals surface area contributed by atoms with Crippen LogP contribution in [0.4, 0.5) is 20.2 Å². The van der Waals surface area contributed by atoms with Crippen molar-refractivity contribution in [1.82, 2.24) is 9.55 Å². The van der Waals surface area contributed by atoms with Gasteiger partial charge in [-0.2, -0.15) is 0 Å². The van der Waals surface area contributed by atoms with Gasteiger partial charge in [0.2, 0.25) is 5.88 Å². The maximum atomic E-state index is 14.6. The van der Waals surface area contributed by atoms with Crippen LogP contribution in [0.1, 0.15) is 55.2 Å². The number of nitrogens with one attached hydrogen (secondary N) is 1. The Morgan fingerprint density at radius 3 is 2.60 bits per heavy atom. The Balaban J connectivity index is 1.66. The van der Waals surface area contributed by atoms with E-state index in [2.05, 4.69) is 10.3 Å². The number of rotatable bonds is 5. The second kappa shape index (κ2) is 9.06. The number of pyridine rings is 1. The molecular weight excluding hydrogens is 542 g/mol. The first-order valence-electron chi connectivity index (χ1n) is 15.0. The number of aromatic nitrogens is 2. The van der Waals surface area contributed by atoms with Crippen molar-refractivity contribution in [3.8, 4) is 17.3 Å². The number of carbonyl (C=O) groups excluding carboxylic acids is 2. The molecule has 11 heteroatoms. The Labute approximate surface area is 241 Å². The molecule has 2 amide bonds. The Morgan fingerprint density at radius 1 is 1.07 bits per heavy atom. The van der Waals surface area contributed by atoms with Gasteiger partial charge >= 0.3 is 0 Å². The lowest BCUT2D eigenvalue weighted by Crippen LogP contribution is -2.50. The summed E-state index contributed by atoms with van der Waals surface area (Å²) in [6, 6.07) is 8.42. The summed E-state index contributed by atoms with van der Waals surface area (Å²) in [7, 11) is -5.90. The molecular formula is C29H23ClF2N4O4. The molecule has 0 fully saturated rings. The van der Waals surface area contributed by atoms with E-state index < -0.39 is 54.9 Å². The number of methoxy groups -OCH3 is 2. The smallest absolute Gasteiger partial charge is 0.261 e. The SMILES string of the molecule is [2H]C([2H])([2H])Oc1cc(OC([2H])([2H])[2H])c(-n2cc3c(c2C(C)C)[C@@]2(C(=O)Nc4cc(Cl)ccc42)N(c2ccc(F)c(F)c2)C3=O)cn1. The predicted molar refractivity (Wildman–Crippen MR) is 145 cm³/mol. The summed E-state index contributed by atoms with van der Waals surface area (Å²) < 4.78 is 85.4. The van der Waals surface area contributed by atoms with Gasteiger partial charge in [-0.1, -0.05) is 31.5 Å².